The first-order valence-electron chi connectivity index (χ1n) is 8.22. The molecule has 3 rings (SSSR count). The molecule has 3 aliphatic rings. The lowest BCUT2D eigenvalue weighted by Gasteiger charge is -2.34. The van der Waals surface area contributed by atoms with E-state index in [4.69, 9.17) is 0 Å². The van der Waals surface area contributed by atoms with Gasteiger partial charge in [0.15, 0.2) is 0 Å². The first-order chi connectivity index (χ1) is 10.2. The SMILES string of the molecule is O=S(=O)(N1CCCSCC1)N1CCC(CNC2CC2)CC1. The third kappa shape index (κ3) is 4.34. The second-order valence-corrected chi connectivity index (χ2v) is 9.55. The lowest BCUT2D eigenvalue weighted by Crippen LogP contribution is -2.48. The molecule has 0 amide bonds. The zero-order valence-corrected chi connectivity index (χ0v) is 14.3. The second kappa shape index (κ2) is 7.17. The summed E-state index contributed by atoms with van der Waals surface area (Å²) in [5.41, 5.74) is 0. The van der Waals surface area contributed by atoms with Gasteiger partial charge in [-0.15, -0.1) is 0 Å². The van der Waals surface area contributed by atoms with Crippen molar-refractivity contribution in [3.05, 3.63) is 0 Å². The Morgan fingerprint density at radius 1 is 0.952 bits per heavy atom. The van der Waals surface area contributed by atoms with Gasteiger partial charge in [-0.3, -0.25) is 0 Å². The van der Waals surface area contributed by atoms with Gasteiger partial charge in [0, 0.05) is 38.0 Å². The number of piperidine rings is 1. The minimum atomic E-state index is -3.22. The van der Waals surface area contributed by atoms with Crippen LogP contribution in [0, 0.1) is 5.92 Å². The molecule has 0 aromatic rings. The fraction of sp³-hybridized carbons (Fsp3) is 1.00. The van der Waals surface area contributed by atoms with Crippen LogP contribution in [0.5, 0.6) is 0 Å². The predicted octanol–water partition coefficient (Wildman–Crippen LogP) is 1.13. The molecule has 0 atom stereocenters. The van der Waals surface area contributed by atoms with Gasteiger partial charge in [-0.05, 0) is 50.3 Å². The van der Waals surface area contributed by atoms with Crippen LogP contribution in [0.2, 0.25) is 0 Å². The summed E-state index contributed by atoms with van der Waals surface area (Å²) in [4.78, 5) is 0. The Morgan fingerprint density at radius 2 is 1.67 bits per heavy atom. The molecule has 0 aromatic heterocycles. The van der Waals surface area contributed by atoms with E-state index < -0.39 is 10.2 Å². The van der Waals surface area contributed by atoms with Gasteiger partial charge in [0.25, 0.3) is 10.2 Å². The summed E-state index contributed by atoms with van der Waals surface area (Å²) in [6.07, 6.45) is 5.62. The summed E-state index contributed by atoms with van der Waals surface area (Å²) in [6.45, 7) is 3.83. The first kappa shape index (κ1) is 16.1. The van der Waals surface area contributed by atoms with Crippen LogP contribution in [0.15, 0.2) is 0 Å². The molecule has 1 N–H and O–H groups in total. The van der Waals surface area contributed by atoms with Crippen LogP contribution in [0.1, 0.15) is 32.1 Å². The molecule has 2 aliphatic heterocycles. The average molecular weight is 334 g/mol. The van der Waals surface area contributed by atoms with Crippen molar-refractivity contribution in [3.8, 4) is 0 Å². The normalized spacial score (nSPS) is 27.6. The third-order valence-electron chi connectivity index (χ3n) is 4.68. The van der Waals surface area contributed by atoms with Gasteiger partial charge in [-0.25, -0.2) is 0 Å². The summed E-state index contributed by atoms with van der Waals surface area (Å²) >= 11 is 1.86. The van der Waals surface area contributed by atoms with Crippen molar-refractivity contribution in [1.82, 2.24) is 13.9 Å². The number of hydrogen-bond acceptors (Lipinski definition) is 4. The highest BCUT2D eigenvalue weighted by Gasteiger charge is 2.33. The Balaban J connectivity index is 1.49. The van der Waals surface area contributed by atoms with Crippen molar-refractivity contribution in [3.63, 3.8) is 0 Å². The summed E-state index contributed by atoms with van der Waals surface area (Å²) in [6, 6.07) is 0.751. The molecule has 2 heterocycles. The number of hydrogen-bond donors (Lipinski definition) is 1. The van der Waals surface area contributed by atoms with Crippen molar-refractivity contribution >= 4 is 22.0 Å². The van der Waals surface area contributed by atoms with E-state index in [2.05, 4.69) is 5.32 Å². The van der Waals surface area contributed by atoms with Crippen LogP contribution in [0.3, 0.4) is 0 Å². The molecule has 0 unspecified atom stereocenters. The molecule has 2 saturated heterocycles. The van der Waals surface area contributed by atoms with Gasteiger partial charge in [0.2, 0.25) is 0 Å². The van der Waals surface area contributed by atoms with Gasteiger partial charge < -0.3 is 5.32 Å². The molecule has 5 nitrogen and oxygen atoms in total. The maximum absolute atomic E-state index is 12.7. The van der Waals surface area contributed by atoms with Crippen LogP contribution < -0.4 is 5.32 Å². The minimum absolute atomic E-state index is 0.650. The van der Waals surface area contributed by atoms with Crippen LogP contribution in [0.25, 0.3) is 0 Å². The highest BCUT2D eigenvalue weighted by atomic mass is 32.2. The Bertz CT molecular complexity index is 424. The molecule has 122 valence electrons. The van der Waals surface area contributed by atoms with Gasteiger partial charge in [0.05, 0.1) is 0 Å². The summed E-state index contributed by atoms with van der Waals surface area (Å²) in [5.74, 6) is 2.67. The van der Waals surface area contributed by atoms with Gasteiger partial charge in [0.1, 0.15) is 0 Å². The maximum atomic E-state index is 12.7. The Morgan fingerprint density at radius 3 is 2.38 bits per heavy atom. The molecule has 1 saturated carbocycles. The van der Waals surface area contributed by atoms with Crippen molar-refractivity contribution in [1.29, 1.82) is 0 Å². The molecule has 0 aromatic carbocycles. The van der Waals surface area contributed by atoms with E-state index in [0.717, 1.165) is 43.4 Å². The van der Waals surface area contributed by atoms with Crippen molar-refractivity contribution in [2.45, 2.75) is 38.1 Å². The van der Waals surface area contributed by atoms with E-state index in [1.807, 2.05) is 11.8 Å². The summed E-state index contributed by atoms with van der Waals surface area (Å²) < 4.78 is 28.8. The number of nitrogens with one attached hydrogen (secondary N) is 1. The van der Waals surface area contributed by atoms with E-state index in [0.29, 0.717) is 32.1 Å². The van der Waals surface area contributed by atoms with Crippen LogP contribution >= 0.6 is 11.8 Å². The standard InChI is InChI=1S/C14H27N3O2S2/c18-21(19,16-6-1-10-20-11-9-16)17-7-4-13(5-8-17)12-15-14-2-3-14/h13-15H,1-12H2. The number of rotatable bonds is 5. The van der Waals surface area contributed by atoms with Gasteiger partial charge >= 0.3 is 0 Å². The quantitative estimate of drug-likeness (QED) is 0.820. The molecule has 0 spiro atoms. The van der Waals surface area contributed by atoms with Crippen LogP contribution in [-0.2, 0) is 10.2 Å². The van der Waals surface area contributed by atoms with Gasteiger partial charge in [-0.2, -0.15) is 28.8 Å². The van der Waals surface area contributed by atoms with E-state index in [9.17, 15) is 8.42 Å². The zero-order valence-electron chi connectivity index (χ0n) is 12.7. The number of nitrogens with zero attached hydrogens (tertiary/aromatic N) is 2. The van der Waals surface area contributed by atoms with Gasteiger partial charge in [-0.1, -0.05) is 0 Å². The minimum Gasteiger partial charge on any atom is -0.314 e. The zero-order chi connectivity index (χ0) is 14.7. The Labute approximate surface area is 133 Å². The molecule has 21 heavy (non-hydrogen) atoms. The molecule has 0 radical (unpaired) electrons. The highest BCUT2D eigenvalue weighted by molar-refractivity contribution is 7.99. The monoisotopic (exact) mass is 333 g/mol. The largest absolute Gasteiger partial charge is 0.314 e. The summed E-state index contributed by atoms with van der Waals surface area (Å²) in [7, 11) is -3.22. The number of thioether (sulfide) groups is 1. The van der Waals surface area contributed by atoms with Crippen molar-refractivity contribution in [2.75, 3.05) is 44.2 Å². The van der Waals surface area contributed by atoms with E-state index >= 15 is 0 Å². The van der Waals surface area contributed by atoms with E-state index in [1.165, 1.54) is 12.8 Å². The molecule has 0 bridgehead atoms. The van der Waals surface area contributed by atoms with Crippen molar-refractivity contribution < 1.29 is 8.42 Å². The summed E-state index contributed by atoms with van der Waals surface area (Å²) in [5, 5.41) is 3.57. The molecule has 1 aliphatic carbocycles. The third-order valence-corrected chi connectivity index (χ3v) is 7.76. The fourth-order valence-corrected chi connectivity index (χ4v) is 5.77. The van der Waals surface area contributed by atoms with Crippen LogP contribution in [-0.4, -0.2) is 67.3 Å². The first-order valence-corrected chi connectivity index (χ1v) is 10.8. The fourth-order valence-electron chi connectivity index (χ4n) is 3.08. The van der Waals surface area contributed by atoms with Crippen molar-refractivity contribution in [2.24, 2.45) is 5.92 Å². The lowest BCUT2D eigenvalue weighted by molar-refractivity contribution is 0.250. The molecular weight excluding hydrogens is 306 g/mol. The Hall–Kier alpha value is 0.180. The topological polar surface area (TPSA) is 52.7 Å². The molecule has 3 fully saturated rings. The van der Waals surface area contributed by atoms with E-state index in [1.54, 1.807) is 8.61 Å². The smallest absolute Gasteiger partial charge is 0.282 e. The molecular formula is C14H27N3O2S2. The average Bonchev–Trinajstić information content (AvgIpc) is 3.32. The molecule has 7 heteroatoms. The Kier molecular flexibility index (Phi) is 5.48. The maximum Gasteiger partial charge on any atom is 0.282 e. The highest BCUT2D eigenvalue weighted by Crippen LogP contribution is 2.24. The lowest BCUT2D eigenvalue weighted by atomic mass is 9.98. The van der Waals surface area contributed by atoms with Crippen LogP contribution in [0.4, 0.5) is 0 Å². The van der Waals surface area contributed by atoms with E-state index in [-0.39, 0.29) is 0 Å². The second-order valence-electron chi connectivity index (χ2n) is 6.40. The predicted molar refractivity (Wildman–Crippen MR) is 87.8 cm³/mol.